The van der Waals surface area contributed by atoms with Gasteiger partial charge in [0.1, 0.15) is 11.5 Å². The number of thiocarbonyl (C=S) groups is 1. The molecule has 0 radical (unpaired) electrons. The number of para-hydroxylation sites is 1. The van der Waals surface area contributed by atoms with Crippen LogP contribution in [-0.2, 0) is 16.6 Å². The number of rotatable bonds is 6. The molecule has 1 aromatic heterocycles. The number of nitrogens with one attached hydrogen (secondary N) is 2. The monoisotopic (exact) mass is 366 g/mol. The SMILES string of the molecule is CN(Cc1ccc(/C=N/NC(=S)Nc2ccccc2)o1)S(C)(=O)=O. The van der Waals surface area contributed by atoms with Gasteiger partial charge in [0, 0.05) is 12.7 Å². The molecule has 0 atom stereocenters. The quantitative estimate of drug-likeness (QED) is 0.462. The summed E-state index contributed by atoms with van der Waals surface area (Å²) in [6.45, 7) is 0.161. The summed E-state index contributed by atoms with van der Waals surface area (Å²) in [7, 11) is -1.76. The first-order valence-corrected chi connectivity index (χ1v) is 9.25. The number of nitrogens with zero attached hydrogens (tertiary/aromatic N) is 2. The predicted molar refractivity (Wildman–Crippen MR) is 98.4 cm³/mol. The van der Waals surface area contributed by atoms with Crippen molar-refractivity contribution in [1.29, 1.82) is 0 Å². The summed E-state index contributed by atoms with van der Waals surface area (Å²) in [6, 6.07) is 12.9. The van der Waals surface area contributed by atoms with E-state index < -0.39 is 10.0 Å². The van der Waals surface area contributed by atoms with Crippen LogP contribution < -0.4 is 10.7 Å². The van der Waals surface area contributed by atoms with Gasteiger partial charge >= 0.3 is 0 Å². The number of furan rings is 1. The molecule has 1 heterocycles. The van der Waals surface area contributed by atoms with Gasteiger partial charge in [-0.1, -0.05) is 18.2 Å². The maximum Gasteiger partial charge on any atom is 0.211 e. The molecule has 0 aliphatic rings. The summed E-state index contributed by atoms with van der Waals surface area (Å²) in [4.78, 5) is 0. The van der Waals surface area contributed by atoms with Crippen LogP contribution in [0.15, 0.2) is 52.0 Å². The molecule has 0 amide bonds. The molecule has 2 rings (SSSR count). The lowest BCUT2D eigenvalue weighted by molar-refractivity contribution is 0.407. The van der Waals surface area contributed by atoms with Gasteiger partial charge in [-0.25, -0.2) is 8.42 Å². The molecule has 1 aromatic carbocycles. The second-order valence-corrected chi connectivity index (χ2v) is 7.51. The predicted octanol–water partition coefficient (Wildman–Crippen LogP) is 1.99. The van der Waals surface area contributed by atoms with E-state index in [2.05, 4.69) is 15.8 Å². The van der Waals surface area contributed by atoms with E-state index in [1.54, 1.807) is 12.1 Å². The van der Waals surface area contributed by atoms with Gasteiger partial charge in [-0.15, -0.1) is 0 Å². The van der Waals surface area contributed by atoms with Gasteiger partial charge in [-0.3, -0.25) is 5.43 Å². The number of hydrazone groups is 1. The zero-order valence-electron chi connectivity index (χ0n) is 13.3. The van der Waals surface area contributed by atoms with Crippen LogP contribution in [0.1, 0.15) is 11.5 Å². The lowest BCUT2D eigenvalue weighted by Gasteiger charge is -2.11. The first kappa shape index (κ1) is 18.1. The highest BCUT2D eigenvalue weighted by molar-refractivity contribution is 7.88. The minimum Gasteiger partial charge on any atom is -0.459 e. The molecule has 2 aromatic rings. The number of hydrogen-bond acceptors (Lipinski definition) is 5. The molecule has 0 fully saturated rings. The van der Waals surface area contributed by atoms with E-state index in [9.17, 15) is 8.42 Å². The van der Waals surface area contributed by atoms with E-state index in [4.69, 9.17) is 16.6 Å². The van der Waals surface area contributed by atoms with Crippen molar-refractivity contribution in [2.45, 2.75) is 6.54 Å². The Bertz CT molecular complexity index is 816. The van der Waals surface area contributed by atoms with Crippen molar-refractivity contribution < 1.29 is 12.8 Å². The topological polar surface area (TPSA) is 86.9 Å². The van der Waals surface area contributed by atoms with Gasteiger partial charge in [0.25, 0.3) is 0 Å². The Morgan fingerprint density at radius 2 is 2.00 bits per heavy atom. The third kappa shape index (κ3) is 5.76. The molecular weight excluding hydrogens is 348 g/mol. The van der Waals surface area contributed by atoms with Crippen molar-refractivity contribution in [3.8, 4) is 0 Å². The number of hydrogen-bond donors (Lipinski definition) is 2. The van der Waals surface area contributed by atoms with E-state index in [0.717, 1.165) is 11.9 Å². The van der Waals surface area contributed by atoms with Gasteiger partial charge in [0.05, 0.1) is 19.0 Å². The van der Waals surface area contributed by atoms with Crippen molar-refractivity contribution >= 4 is 39.3 Å². The van der Waals surface area contributed by atoms with E-state index in [1.165, 1.54) is 17.6 Å². The van der Waals surface area contributed by atoms with Crippen LogP contribution >= 0.6 is 12.2 Å². The Balaban J connectivity index is 1.85. The normalized spacial score (nSPS) is 11.8. The molecule has 0 unspecified atom stereocenters. The summed E-state index contributed by atoms with van der Waals surface area (Å²) in [5, 5.41) is 7.30. The Morgan fingerprint density at radius 1 is 1.29 bits per heavy atom. The van der Waals surface area contributed by atoms with Crippen molar-refractivity contribution in [1.82, 2.24) is 9.73 Å². The summed E-state index contributed by atoms with van der Waals surface area (Å²) in [5.41, 5.74) is 3.53. The summed E-state index contributed by atoms with van der Waals surface area (Å²) in [6.07, 6.45) is 2.60. The minimum absolute atomic E-state index is 0.161. The first-order valence-electron chi connectivity index (χ1n) is 7.00. The molecule has 0 saturated carbocycles. The van der Waals surface area contributed by atoms with Crippen molar-refractivity contribution in [3.63, 3.8) is 0 Å². The molecule has 9 heteroatoms. The second kappa shape index (κ2) is 8.04. The molecule has 2 N–H and O–H groups in total. The smallest absolute Gasteiger partial charge is 0.211 e. The molecule has 0 bridgehead atoms. The fraction of sp³-hybridized carbons (Fsp3) is 0.200. The van der Waals surface area contributed by atoms with Crippen LogP contribution in [-0.4, -0.2) is 37.4 Å². The second-order valence-electron chi connectivity index (χ2n) is 5.01. The van der Waals surface area contributed by atoms with Crippen molar-refractivity contribution in [2.75, 3.05) is 18.6 Å². The number of benzene rings is 1. The molecule has 7 nitrogen and oxygen atoms in total. The molecule has 0 spiro atoms. The highest BCUT2D eigenvalue weighted by Crippen LogP contribution is 2.10. The van der Waals surface area contributed by atoms with Gasteiger partial charge in [0.15, 0.2) is 5.11 Å². The van der Waals surface area contributed by atoms with Crippen LogP contribution in [0.3, 0.4) is 0 Å². The summed E-state index contributed by atoms with van der Waals surface area (Å²) >= 11 is 5.11. The molecule has 24 heavy (non-hydrogen) atoms. The minimum atomic E-state index is -3.25. The zero-order valence-corrected chi connectivity index (χ0v) is 14.9. The highest BCUT2D eigenvalue weighted by atomic mass is 32.2. The summed E-state index contributed by atoms with van der Waals surface area (Å²) < 4.78 is 29.4. The van der Waals surface area contributed by atoms with Crippen LogP contribution in [0.25, 0.3) is 0 Å². The van der Waals surface area contributed by atoms with Crippen LogP contribution in [0.2, 0.25) is 0 Å². The van der Waals surface area contributed by atoms with E-state index in [1.807, 2.05) is 30.3 Å². The standard InChI is InChI=1S/C15H18N4O3S2/c1-19(24(2,20)21)11-14-9-8-13(22-14)10-16-18-15(23)17-12-6-4-3-5-7-12/h3-10H,11H2,1-2H3,(H2,17,18,23)/b16-10+. The number of anilines is 1. The molecule has 128 valence electrons. The van der Waals surface area contributed by atoms with Gasteiger partial charge < -0.3 is 9.73 Å². The van der Waals surface area contributed by atoms with E-state index >= 15 is 0 Å². The van der Waals surface area contributed by atoms with Gasteiger partial charge in [0.2, 0.25) is 10.0 Å². The van der Waals surface area contributed by atoms with Crippen LogP contribution in [0.4, 0.5) is 5.69 Å². The lowest BCUT2D eigenvalue weighted by Crippen LogP contribution is -2.24. The van der Waals surface area contributed by atoms with E-state index in [0.29, 0.717) is 16.6 Å². The zero-order chi connectivity index (χ0) is 17.6. The molecule has 0 aliphatic carbocycles. The van der Waals surface area contributed by atoms with Crippen LogP contribution in [0, 0.1) is 0 Å². The van der Waals surface area contributed by atoms with Gasteiger partial charge in [-0.05, 0) is 36.5 Å². The lowest BCUT2D eigenvalue weighted by atomic mass is 10.3. The average molecular weight is 366 g/mol. The third-order valence-corrected chi connectivity index (χ3v) is 4.47. The Hall–Kier alpha value is -2.23. The molecular formula is C15H18N4O3S2. The summed E-state index contributed by atoms with van der Waals surface area (Å²) in [5.74, 6) is 1.01. The Morgan fingerprint density at radius 3 is 2.67 bits per heavy atom. The maximum atomic E-state index is 11.4. The van der Waals surface area contributed by atoms with Crippen molar-refractivity contribution in [3.05, 3.63) is 54.0 Å². The average Bonchev–Trinajstić information content (AvgIpc) is 2.94. The first-order chi connectivity index (χ1) is 11.3. The molecule has 0 aliphatic heterocycles. The van der Waals surface area contributed by atoms with E-state index in [-0.39, 0.29) is 6.54 Å². The Kier molecular flexibility index (Phi) is 6.07. The highest BCUT2D eigenvalue weighted by Gasteiger charge is 2.13. The largest absolute Gasteiger partial charge is 0.459 e. The Labute approximate surface area is 146 Å². The number of sulfonamides is 1. The van der Waals surface area contributed by atoms with Crippen LogP contribution in [0.5, 0.6) is 0 Å². The van der Waals surface area contributed by atoms with Gasteiger partial charge in [-0.2, -0.15) is 9.41 Å². The fourth-order valence-corrected chi connectivity index (χ4v) is 2.25. The fourth-order valence-electron chi connectivity index (χ4n) is 1.72. The maximum absolute atomic E-state index is 11.4. The van der Waals surface area contributed by atoms with Crippen molar-refractivity contribution in [2.24, 2.45) is 5.10 Å². The third-order valence-electron chi connectivity index (χ3n) is 3.02. The molecule has 0 saturated heterocycles.